The topological polar surface area (TPSA) is 3.24 Å². The van der Waals surface area contributed by atoms with E-state index in [9.17, 15) is 0 Å². The van der Waals surface area contributed by atoms with Crippen molar-refractivity contribution in [3.63, 3.8) is 0 Å². The molecule has 288 valence electrons. The number of rotatable bonds is 7. The summed E-state index contributed by atoms with van der Waals surface area (Å²) in [7, 11) is 0. The minimum atomic E-state index is 0.634. The molecule has 1 aromatic heterocycles. The summed E-state index contributed by atoms with van der Waals surface area (Å²) >= 11 is 1.94. The van der Waals surface area contributed by atoms with Crippen LogP contribution in [0.5, 0.6) is 0 Å². The van der Waals surface area contributed by atoms with Crippen molar-refractivity contribution in [2.24, 2.45) is 47.3 Å². The van der Waals surface area contributed by atoms with Gasteiger partial charge in [0.15, 0.2) is 0 Å². The van der Waals surface area contributed by atoms with Crippen LogP contribution < -0.4 is 4.90 Å². The highest BCUT2D eigenvalue weighted by molar-refractivity contribution is 7.26. The SMILES string of the molecule is c1ccc(-c2ccc(N(c3ccc(-c4cccc(C5C6CC7CC(C6)CC5C7)c4)c(C4C5CC6CC(C5)CC4C6)c3)c3cccc4c3sc3ccccc34)cc2)cc1. The number of hydrogen-bond acceptors (Lipinski definition) is 2. The highest BCUT2D eigenvalue weighted by Gasteiger charge is 2.50. The molecule has 8 aliphatic rings. The number of anilines is 3. The molecule has 8 bridgehead atoms. The Balaban J connectivity index is 0.980. The first-order valence-electron chi connectivity index (χ1n) is 22.8. The lowest BCUT2D eigenvalue weighted by Crippen LogP contribution is -2.44. The molecule has 0 atom stereocenters. The summed E-state index contributed by atoms with van der Waals surface area (Å²) in [4.78, 5) is 2.60. The molecular formula is C56H53NS. The molecule has 0 radical (unpaired) electrons. The average Bonchev–Trinajstić information content (AvgIpc) is 3.64. The first kappa shape index (κ1) is 34.2. The molecule has 6 aromatic carbocycles. The van der Waals surface area contributed by atoms with Crippen molar-refractivity contribution >= 4 is 48.6 Å². The summed E-state index contributed by atoms with van der Waals surface area (Å²) in [6.45, 7) is 0. The molecule has 8 fully saturated rings. The highest BCUT2D eigenvalue weighted by Crippen LogP contribution is 2.62. The lowest BCUT2D eigenvalue weighted by molar-refractivity contribution is -0.00280. The van der Waals surface area contributed by atoms with Gasteiger partial charge in [0.1, 0.15) is 0 Å². The van der Waals surface area contributed by atoms with Gasteiger partial charge in [0.2, 0.25) is 0 Å². The molecular weight excluding hydrogens is 719 g/mol. The van der Waals surface area contributed by atoms with Crippen LogP contribution in [-0.2, 0) is 0 Å². The van der Waals surface area contributed by atoms with Crippen molar-refractivity contribution in [2.75, 3.05) is 4.90 Å². The van der Waals surface area contributed by atoms with Crippen LogP contribution in [-0.4, -0.2) is 0 Å². The van der Waals surface area contributed by atoms with Gasteiger partial charge in [-0.15, -0.1) is 11.3 Å². The maximum absolute atomic E-state index is 2.69. The third kappa shape index (κ3) is 5.53. The molecule has 0 spiro atoms. The Hall–Kier alpha value is -4.66. The van der Waals surface area contributed by atoms with E-state index in [-0.39, 0.29) is 0 Å². The van der Waals surface area contributed by atoms with Crippen LogP contribution in [0.1, 0.15) is 87.2 Å². The van der Waals surface area contributed by atoms with Crippen molar-refractivity contribution in [1.29, 1.82) is 0 Å². The molecule has 0 amide bonds. The lowest BCUT2D eigenvalue weighted by atomic mass is 9.50. The fourth-order valence-electron chi connectivity index (χ4n) is 14.8. The molecule has 58 heavy (non-hydrogen) atoms. The fourth-order valence-corrected chi connectivity index (χ4v) is 16.0. The first-order valence-corrected chi connectivity index (χ1v) is 23.6. The van der Waals surface area contributed by atoms with E-state index in [1.54, 1.807) is 11.1 Å². The Morgan fingerprint density at radius 1 is 0.414 bits per heavy atom. The van der Waals surface area contributed by atoms with Gasteiger partial charge in [-0.1, -0.05) is 103 Å². The molecule has 15 rings (SSSR count). The molecule has 0 saturated heterocycles. The Morgan fingerprint density at radius 2 is 0.983 bits per heavy atom. The summed E-state index contributed by atoms with van der Waals surface area (Å²) in [5.41, 5.74) is 12.5. The van der Waals surface area contributed by atoms with E-state index in [1.165, 1.54) is 124 Å². The van der Waals surface area contributed by atoms with Gasteiger partial charge in [0.25, 0.3) is 0 Å². The fraction of sp³-hybridized carbons (Fsp3) is 0.357. The van der Waals surface area contributed by atoms with E-state index in [4.69, 9.17) is 0 Å². The van der Waals surface area contributed by atoms with Gasteiger partial charge in [-0.25, -0.2) is 0 Å². The standard InChI is InChI=1S/C56H53NS/c1-2-8-38(9-3-1)39-16-18-46(19-17-39)57(52-14-7-13-50-49-12-4-5-15-53(49)58-56(50)52)47-20-21-48(51(33-47)55-44-28-36-23-37(30-44)31-45(55)29-36)40-10-6-11-41(32-40)54-42-24-34-22-35(26-42)27-43(54)25-34/h1-21,32-37,42-45,54-55H,22-31H2. The van der Waals surface area contributed by atoms with E-state index in [1.807, 2.05) is 11.3 Å². The first-order chi connectivity index (χ1) is 28.7. The predicted octanol–water partition coefficient (Wildman–Crippen LogP) is 15.9. The maximum Gasteiger partial charge on any atom is 0.0640 e. The Kier molecular flexibility index (Phi) is 7.93. The molecule has 7 aromatic rings. The third-order valence-electron chi connectivity index (χ3n) is 16.5. The molecule has 0 unspecified atom stereocenters. The van der Waals surface area contributed by atoms with Gasteiger partial charge in [-0.2, -0.15) is 0 Å². The number of hydrogen-bond donors (Lipinski definition) is 0. The highest BCUT2D eigenvalue weighted by atomic mass is 32.1. The minimum Gasteiger partial charge on any atom is -0.309 e. The minimum absolute atomic E-state index is 0.634. The van der Waals surface area contributed by atoms with Gasteiger partial charge in [0, 0.05) is 26.8 Å². The number of benzene rings is 6. The number of fused-ring (bicyclic) bond motifs is 3. The summed E-state index contributed by atoms with van der Waals surface area (Å²) in [5, 5.41) is 2.70. The molecule has 1 heterocycles. The monoisotopic (exact) mass is 771 g/mol. The van der Waals surface area contributed by atoms with Crippen molar-refractivity contribution in [2.45, 2.75) is 76.0 Å². The Labute approximate surface area is 348 Å². The smallest absolute Gasteiger partial charge is 0.0640 e. The second kappa shape index (κ2) is 13.4. The van der Waals surface area contributed by atoms with E-state index in [0.29, 0.717) is 5.92 Å². The van der Waals surface area contributed by atoms with Gasteiger partial charge in [0.05, 0.1) is 10.4 Å². The second-order valence-corrected chi connectivity index (χ2v) is 20.9. The third-order valence-corrected chi connectivity index (χ3v) is 17.8. The van der Waals surface area contributed by atoms with Crippen molar-refractivity contribution in [1.82, 2.24) is 0 Å². The van der Waals surface area contributed by atoms with Gasteiger partial charge in [-0.05, 0) is 193 Å². The molecule has 0 aliphatic heterocycles. The van der Waals surface area contributed by atoms with Crippen LogP contribution in [0.2, 0.25) is 0 Å². The van der Waals surface area contributed by atoms with Gasteiger partial charge >= 0.3 is 0 Å². The second-order valence-electron chi connectivity index (χ2n) is 19.8. The zero-order chi connectivity index (χ0) is 37.9. The van der Waals surface area contributed by atoms with Gasteiger partial charge in [-0.3, -0.25) is 0 Å². The van der Waals surface area contributed by atoms with Crippen LogP contribution >= 0.6 is 11.3 Å². The maximum atomic E-state index is 2.69. The quantitative estimate of drug-likeness (QED) is 0.156. The van der Waals surface area contributed by atoms with E-state index >= 15 is 0 Å². The summed E-state index contributed by atoms with van der Waals surface area (Å²) in [5.74, 6) is 8.73. The van der Waals surface area contributed by atoms with Crippen molar-refractivity contribution < 1.29 is 0 Å². The van der Waals surface area contributed by atoms with Crippen LogP contribution in [0, 0.1) is 47.3 Å². The Morgan fingerprint density at radius 3 is 1.69 bits per heavy atom. The van der Waals surface area contributed by atoms with E-state index < -0.39 is 0 Å². The zero-order valence-corrected chi connectivity index (χ0v) is 34.3. The summed E-state index contributed by atoms with van der Waals surface area (Å²) < 4.78 is 2.72. The molecule has 8 aliphatic carbocycles. The van der Waals surface area contributed by atoms with Gasteiger partial charge < -0.3 is 4.90 Å². The average molecular weight is 772 g/mol. The van der Waals surface area contributed by atoms with Crippen LogP contribution in [0.4, 0.5) is 17.1 Å². The molecule has 2 heteroatoms. The normalized spacial score (nSPS) is 30.4. The van der Waals surface area contributed by atoms with Crippen molar-refractivity contribution in [3.8, 4) is 22.3 Å². The van der Waals surface area contributed by atoms with Crippen LogP contribution in [0.15, 0.2) is 140 Å². The van der Waals surface area contributed by atoms with Crippen molar-refractivity contribution in [3.05, 3.63) is 151 Å². The van der Waals surface area contributed by atoms with Crippen LogP contribution in [0.3, 0.4) is 0 Å². The molecule has 8 saturated carbocycles. The summed E-state index contributed by atoms with van der Waals surface area (Å²) in [6, 6.07) is 54.0. The summed E-state index contributed by atoms with van der Waals surface area (Å²) in [6.07, 6.45) is 14.6. The van der Waals surface area contributed by atoms with E-state index in [2.05, 4.69) is 144 Å². The lowest BCUT2D eigenvalue weighted by Gasteiger charge is -2.55. The molecule has 0 N–H and O–H groups in total. The van der Waals surface area contributed by atoms with E-state index in [0.717, 1.165) is 53.3 Å². The Bertz CT molecular complexity index is 2610. The largest absolute Gasteiger partial charge is 0.309 e. The molecule has 1 nitrogen and oxygen atoms in total. The predicted molar refractivity (Wildman–Crippen MR) is 244 cm³/mol. The number of nitrogens with zero attached hydrogens (tertiary/aromatic N) is 1. The number of thiophene rings is 1. The van der Waals surface area contributed by atoms with Crippen LogP contribution in [0.25, 0.3) is 42.4 Å². The zero-order valence-electron chi connectivity index (χ0n) is 33.5.